The fourth-order valence-electron chi connectivity index (χ4n) is 4.70. The predicted molar refractivity (Wildman–Crippen MR) is 138 cm³/mol. The number of benzene rings is 2. The fraction of sp³-hybridized carbons (Fsp3) is 0.179. The maximum absolute atomic E-state index is 13.3. The van der Waals surface area contributed by atoms with Crippen molar-refractivity contribution in [3.8, 4) is 0 Å². The molecule has 1 N–H and O–H groups in total. The molecule has 1 saturated heterocycles. The van der Waals surface area contributed by atoms with E-state index in [1.807, 2.05) is 91.2 Å². The van der Waals surface area contributed by atoms with E-state index in [9.17, 15) is 14.7 Å². The molecule has 0 spiro atoms. The molecule has 3 heterocycles. The molecule has 2 aromatic heterocycles. The van der Waals surface area contributed by atoms with Crippen LogP contribution in [0.15, 0.2) is 83.0 Å². The molecule has 2 aromatic carbocycles. The molecule has 7 heteroatoms. The van der Waals surface area contributed by atoms with Gasteiger partial charge in [0.2, 0.25) is 0 Å². The van der Waals surface area contributed by atoms with E-state index in [1.54, 1.807) is 4.90 Å². The Kier molecular flexibility index (Phi) is 6.03. The third-order valence-electron chi connectivity index (χ3n) is 6.50. The summed E-state index contributed by atoms with van der Waals surface area (Å²) < 4.78 is 2.70. The number of fused-ring (bicyclic) bond motifs is 1. The number of hydrogen-bond donors (Lipinski definition) is 1. The molecule has 5 rings (SSSR count). The first-order valence-corrected chi connectivity index (χ1v) is 12.2. The summed E-state index contributed by atoms with van der Waals surface area (Å²) in [6.45, 7) is 4.12. The molecular formula is C28H24BrN3O3. The van der Waals surface area contributed by atoms with Crippen LogP contribution in [0.5, 0.6) is 0 Å². The number of amides is 1. The van der Waals surface area contributed by atoms with Crippen molar-refractivity contribution in [2.24, 2.45) is 0 Å². The highest BCUT2D eigenvalue weighted by Crippen LogP contribution is 2.40. The number of rotatable bonds is 5. The monoisotopic (exact) mass is 529 g/mol. The summed E-state index contributed by atoms with van der Waals surface area (Å²) in [4.78, 5) is 32.8. The number of carbonyl (C=O) groups excluding carboxylic acids is 2. The lowest BCUT2D eigenvalue weighted by molar-refractivity contribution is -0.139. The number of carbonyl (C=O) groups is 2. The number of halogens is 1. The van der Waals surface area contributed by atoms with Gasteiger partial charge in [0.1, 0.15) is 11.3 Å². The number of aryl methyl sites for hydroxylation is 2. The fourth-order valence-corrected chi connectivity index (χ4v) is 5.12. The van der Waals surface area contributed by atoms with Crippen molar-refractivity contribution in [1.82, 2.24) is 14.3 Å². The van der Waals surface area contributed by atoms with Gasteiger partial charge in [0.15, 0.2) is 5.76 Å². The number of imidazole rings is 1. The normalized spacial score (nSPS) is 17.5. The number of Topliss-reactive ketones (excluding diaryl/α,β-unsaturated/α-hetero) is 1. The number of hydrogen-bond acceptors (Lipinski definition) is 4. The number of ketones is 1. The van der Waals surface area contributed by atoms with E-state index in [1.165, 1.54) is 0 Å². The van der Waals surface area contributed by atoms with Gasteiger partial charge in [0.05, 0.1) is 17.3 Å². The Bertz CT molecular complexity index is 1490. The molecule has 0 bridgehead atoms. The minimum atomic E-state index is -0.721. The minimum absolute atomic E-state index is 0.0605. The van der Waals surface area contributed by atoms with Crippen molar-refractivity contribution in [1.29, 1.82) is 0 Å². The molecule has 176 valence electrons. The van der Waals surface area contributed by atoms with E-state index in [4.69, 9.17) is 0 Å². The van der Waals surface area contributed by atoms with Gasteiger partial charge in [-0.15, -0.1) is 0 Å². The molecule has 1 fully saturated rings. The molecule has 1 aliphatic heterocycles. The largest absolute Gasteiger partial charge is 0.505 e. The second-order valence-electron chi connectivity index (χ2n) is 8.71. The molecule has 1 aliphatic rings. The summed E-state index contributed by atoms with van der Waals surface area (Å²) in [5, 5.41) is 11.5. The molecule has 6 nitrogen and oxygen atoms in total. The summed E-state index contributed by atoms with van der Waals surface area (Å²) in [7, 11) is 0. The Labute approximate surface area is 211 Å². The van der Waals surface area contributed by atoms with Gasteiger partial charge >= 0.3 is 0 Å². The third kappa shape index (κ3) is 4.06. The van der Waals surface area contributed by atoms with Crippen molar-refractivity contribution < 1.29 is 14.7 Å². The summed E-state index contributed by atoms with van der Waals surface area (Å²) in [5.74, 6) is -1.57. The van der Waals surface area contributed by atoms with Crippen LogP contribution in [0.4, 0.5) is 0 Å². The van der Waals surface area contributed by atoms with Gasteiger partial charge in [-0.2, -0.15) is 0 Å². The van der Waals surface area contributed by atoms with Crippen molar-refractivity contribution in [2.45, 2.75) is 26.3 Å². The molecule has 1 atom stereocenters. The van der Waals surface area contributed by atoms with Crippen LogP contribution in [0.25, 0.3) is 11.4 Å². The van der Waals surface area contributed by atoms with E-state index in [2.05, 4.69) is 20.9 Å². The van der Waals surface area contributed by atoms with Gasteiger partial charge in [-0.25, -0.2) is 4.98 Å². The first-order chi connectivity index (χ1) is 16.9. The summed E-state index contributed by atoms with van der Waals surface area (Å²) in [6, 6.07) is 20.4. The zero-order valence-corrected chi connectivity index (χ0v) is 21.0. The van der Waals surface area contributed by atoms with Crippen molar-refractivity contribution in [2.75, 3.05) is 6.54 Å². The lowest BCUT2D eigenvalue weighted by Gasteiger charge is -2.25. The van der Waals surface area contributed by atoms with Crippen LogP contribution in [0, 0.1) is 13.8 Å². The van der Waals surface area contributed by atoms with Gasteiger partial charge in [-0.3, -0.25) is 9.59 Å². The molecule has 0 aliphatic carbocycles. The van der Waals surface area contributed by atoms with Crippen LogP contribution in [-0.4, -0.2) is 37.6 Å². The Morgan fingerprint density at radius 3 is 2.51 bits per heavy atom. The molecule has 0 saturated carbocycles. The first-order valence-electron chi connectivity index (χ1n) is 11.4. The number of nitrogens with zero attached hydrogens (tertiary/aromatic N) is 3. The van der Waals surface area contributed by atoms with Gasteiger partial charge < -0.3 is 14.4 Å². The van der Waals surface area contributed by atoms with E-state index in [-0.39, 0.29) is 11.3 Å². The van der Waals surface area contributed by atoms with Crippen LogP contribution >= 0.6 is 15.9 Å². The van der Waals surface area contributed by atoms with Crippen LogP contribution in [0.2, 0.25) is 0 Å². The van der Waals surface area contributed by atoms with Gasteiger partial charge in [0.25, 0.3) is 11.7 Å². The van der Waals surface area contributed by atoms with Gasteiger partial charge in [-0.1, -0.05) is 64.5 Å². The standard InChI is InChI=1S/C28H24BrN3O3/c1-17-8-7-14-31-18(2)23(30-27(17)31)25(33)22-24(20-11-6-12-21(29)16-20)32(28(35)26(22)34)15-13-19-9-4-3-5-10-19/h3-12,14,16,24,33H,13,15H2,1-2H3/b25-22+. The van der Waals surface area contributed by atoms with Gasteiger partial charge in [-0.05, 0) is 55.2 Å². The molecular weight excluding hydrogens is 506 g/mol. The van der Waals surface area contributed by atoms with Gasteiger partial charge in [0, 0.05) is 17.2 Å². The zero-order chi connectivity index (χ0) is 24.7. The molecule has 4 aromatic rings. The van der Waals surface area contributed by atoms with E-state index < -0.39 is 17.7 Å². The highest BCUT2D eigenvalue weighted by Gasteiger charge is 2.46. The minimum Gasteiger partial charge on any atom is -0.505 e. The molecule has 1 unspecified atom stereocenters. The van der Waals surface area contributed by atoms with E-state index in [0.29, 0.717) is 30.0 Å². The van der Waals surface area contributed by atoms with Crippen LogP contribution < -0.4 is 0 Å². The van der Waals surface area contributed by atoms with Crippen molar-refractivity contribution in [3.05, 3.63) is 111 Å². The summed E-state index contributed by atoms with van der Waals surface area (Å²) in [6.07, 6.45) is 2.46. The first kappa shape index (κ1) is 23.1. The van der Waals surface area contributed by atoms with Crippen LogP contribution in [-0.2, 0) is 16.0 Å². The number of likely N-dealkylation sites (tertiary alicyclic amines) is 1. The average molecular weight is 530 g/mol. The summed E-state index contributed by atoms with van der Waals surface area (Å²) >= 11 is 3.50. The topological polar surface area (TPSA) is 74.9 Å². The smallest absolute Gasteiger partial charge is 0.295 e. The van der Waals surface area contributed by atoms with E-state index >= 15 is 0 Å². The van der Waals surface area contributed by atoms with Crippen molar-refractivity contribution in [3.63, 3.8) is 0 Å². The SMILES string of the molecule is Cc1cccn2c(C)c(/C(O)=C3\C(=O)C(=O)N(CCc4ccccc4)C3c3cccc(Br)c3)nc12. The lowest BCUT2D eigenvalue weighted by Crippen LogP contribution is -2.31. The third-order valence-corrected chi connectivity index (χ3v) is 6.99. The molecule has 35 heavy (non-hydrogen) atoms. The lowest BCUT2D eigenvalue weighted by atomic mass is 9.96. The number of aliphatic hydroxyl groups is 1. The number of aromatic nitrogens is 2. The van der Waals surface area contributed by atoms with Crippen LogP contribution in [0.1, 0.15) is 34.1 Å². The Morgan fingerprint density at radius 2 is 1.80 bits per heavy atom. The maximum Gasteiger partial charge on any atom is 0.295 e. The second-order valence-corrected chi connectivity index (χ2v) is 9.63. The molecule has 0 radical (unpaired) electrons. The maximum atomic E-state index is 13.3. The molecule has 1 amide bonds. The second kappa shape index (κ2) is 9.15. The van der Waals surface area contributed by atoms with Crippen LogP contribution in [0.3, 0.4) is 0 Å². The Morgan fingerprint density at radius 1 is 1.03 bits per heavy atom. The predicted octanol–water partition coefficient (Wildman–Crippen LogP) is 5.38. The quantitative estimate of drug-likeness (QED) is 0.214. The average Bonchev–Trinajstić information content (AvgIpc) is 3.33. The number of pyridine rings is 1. The van der Waals surface area contributed by atoms with Crippen molar-refractivity contribution >= 4 is 39.0 Å². The highest BCUT2D eigenvalue weighted by molar-refractivity contribution is 9.10. The summed E-state index contributed by atoms with van der Waals surface area (Å²) in [5.41, 5.74) is 4.51. The Hall–Kier alpha value is -3.71. The number of aliphatic hydroxyl groups excluding tert-OH is 1. The highest BCUT2D eigenvalue weighted by atomic mass is 79.9. The van der Waals surface area contributed by atoms with E-state index in [0.717, 1.165) is 21.2 Å². The zero-order valence-electron chi connectivity index (χ0n) is 19.4. The Balaban J connectivity index is 1.65.